The molecule has 64 valence electrons. The highest BCUT2D eigenvalue weighted by molar-refractivity contribution is 6.69. The fourth-order valence-electron chi connectivity index (χ4n) is 0.709. The van der Waals surface area contributed by atoms with Crippen molar-refractivity contribution in [2.45, 2.75) is 0 Å². The first-order chi connectivity index (χ1) is 5.65. The quantitative estimate of drug-likeness (QED) is 0.413. The Morgan fingerprint density at radius 2 is 2.08 bits per heavy atom. The van der Waals surface area contributed by atoms with Crippen LogP contribution in [-0.4, -0.2) is 10.4 Å². The van der Waals surface area contributed by atoms with E-state index in [1.54, 1.807) is 0 Å². The Morgan fingerprint density at radius 3 is 2.67 bits per heavy atom. The molecule has 0 amide bonds. The molecule has 0 saturated heterocycles. The van der Waals surface area contributed by atoms with E-state index < -0.39 is 16.8 Å². The maximum Gasteiger partial charge on any atom is 0.178 e. The second-order valence-corrected chi connectivity index (χ2v) is 2.37. The fraction of sp³-hybridized carbons (Fsp3) is 0. The number of rotatable bonds is 1. The third kappa shape index (κ3) is 1.71. The summed E-state index contributed by atoms with van der Waals surface area (Å²) in [5.41, 5.74) is -0.265. The summed E-state index contributed by atoms with van der Waals surface area (Å²) in [6.45, 7) is 0. The van der Waals surface area contributed by atoms with Gasteiger partial charge in [0.1, 0.15) is 11.6 Å². The average molecular weight is 192 g/mol. The Kier molecular flexibility index (Phi) is 2.60. The van der Waals surface area contributed by atoms with Crippen molar-refractivity contribution in [3.8, 4) is 0 Å². The van der Waals surface area contributed by atoms with Crippen LogP contribution < -0.4 is 0 Å². The third-order valence-electron chi connectivity index (χ3n) is 1.24. The van der Waals surface area contributed by atoms with Gasteiger partial charge in [0.2, 0.25) is 0 Å². The number of hydrogen-bond acceptors (Lipinski definition) is 2. The molecule has 1 aromatic rings. The molecule has 0 unspecified atom stereocenters. The van der Waals surface area contributed by atoms with E-state index >= 15 is 0 Å². The summed E-state index contributed by atoms with van der Waals surface area (Å²) in [4.78, 5) is 0. The van der Waals surface area contributed by atoms with Gasteiger partial charge < -0.3 is 5.21 Å². The minimum Gasteiger partial charge on any atom is -0.410 e. The zero-order chi connectivity index (χ0) is 9.14. The molecule has 0 atom stereocenters. The molecule has 5 heteroatoms. The van der Waals surface area contributed by atoms with Crippen molar-refractivity contribution in [1.29, 1.82) is 0 Å². The molecule has 0 bridgehead atoms. The first kappa shape index (κ1) is 8.93. The molecule has 0 aliphatic rings. The van der Waals surface area contributed by atoms with Crippen LogP contribution >= 0.6 is 11.6 Å². The lowest BCUT2D eigenvalue weighted by Gasteiger charge is -1.97. The second-order valence-electron chi connectivity index (χ2n) is 2.01. The molecule has 1 rings (SSSR count). The summed E-state index contributed by atoms with van der Waals surface area (Å²) in [5.74, 6) is -1.38. The maximum absolute atomic E-state index is 12.8. The summed E-state index contributed by atoms with van der Waals surface area (Å²) < 4.78 is 25.2. The van der Waals surface area contributed by atoms with E-state index in [0.29, 0.717) is 0 Å². The third-order valence-corrected chi connectivity index (χ3v) is 1.52. The van der Waals surface area contributed by atoms with Gasteiger partial charge in [-0.1, -0.05) is 16.8 Å². The molecule has 0 fully saturated rings. The number of nitrogens with zero attached hydrogens (tertiary/aromatic N) is 1. The predicted octanol–water partition coefficient (Wildman–Crippen LogP) is 2.34. The van der Waals surface area contributed by atoms with Crippen LogP contribution in [0.1, 0.15) is 5.56 Å². The van der Waals surface area contributed by atoms with Gasteiger partial charge in [-0.05, 0) is 18.2 Å². The molecule has 12 heavy (non-hydrogen) atoms. The minimum atomic E-state index is -0.737. The molecule has 0 aliphatic carbocycles. The monoisotopic (exact) mass is 191 g/mol. The van der Waals surface area contributed by atoms with Crippen LogP contribution in [0.5, 0.6) is 0 Å². The average Bonchev–Trinajstić information content (AvgIpc) is 2.08. The maximum atomic E-state index is 12.8. The molecule has 0 radical (unpaired) electrons. The van der Waals surface area contributed by atoms with Gasteiger partial charge >= 0.3 is 0 Å². The summed E-state index contributed by atoms with van der Waals surface area (Å²) >= 11 is 5.26. The summed E-state index contributed by atoms with van der Waals surface area (Å²) in [5, 5.41) is 10.2. The summed E-state index contributed by atoms with van der Waals surface area (Å²) in [6, 6.07) is 2.69. The van der Waals surface area contributed by atoms with E-state index in [2.05, 4.69) is 5.16 Å². The largest absolute Gasteiger partial charge is 0.410 e. The minimum absolute atomic E-state index is 0.265. The molecule has 0 aromatic heterocycles. The number of hydrogen-bond donors (Lipinski definition) is 1. The zero-order valence-electron chi connectivity index (χ0n) is 5.76. The van der Waals surface area contributed by atoms with Crippen LogP contribution in [0.4, 0.5) is 8.78 Å². The first-order valence-corrected chi connectivity index (χ1v) is 3.36. The molecule has 1 N–H and O–H groups in total. The molecular formula is C7H4ClF2NO. The van der Waals surface area contributed by atoms with Gasteiger partial charge in [-0.25, -0.2) is 8.78 Å². The molecule has 1 aromatic carbocycles. The van der Waals surface area contributed by atoms with E-state index in [9.17, 15) is 8.78 Å². The lowest BCUT2D eigenvalue weighted by atomic mass is 10.2. The van der Waals surface area contributed by atoms with Gasteiger partial charge in [0, 0.05) is 0 Å². The van der Waals surface area contributed by atoms with Crippen molar-refractivity contribution < 1.29 is 14.0 Å². The van der Waals surface area contributed by atoms with Crippen LogP contribution in [0.2, 0.25) is 0 Å². The van der Waals surface area contributed by atoms with Gasteiger partial charge in [-0.15, -0.1) is 0 Å². The molecule has 0 aliphatic heterocycles. The van der Waals surface area contributed by atoms with Gasteiger partial charge in [-0.3, -0.25) is 0 Å². The van der Waals surface area contributed by atoms with Crippen molar-refractivity contribution in [2.75, 3.05) is 0 Å². The normalized spacial score (nSPS) is 11.8. The van der Waals surface area contributed by atoms with E-state index in [4.69, 9.17) is 16.8 Å². The lowest BCUT2D eigenvalue weighted by molar-refractivity contribution is 0.320. The topological polar surface area (TPSA) is 32.6 Å². The van der Waals surface area contributed by atoms with Crippen molar-refractivity contribution >= 4 is 16.8 Å². The van der Waals surface area contributed by atoms with Crippen LogP contribution in [-0.2, 0) is 0 Å². The smallest absolute Gasteiger partial charge is 0.178 e. The zero-order valence-corrected chi connectivity index (χ0v) is 6.52. The number of halogens is 3. The Morgan fingerprint density at radius 1 is 1.42 bits per heavy atom. The Balaban J connectivity index is 3.23. The Labute approximate surface area is 72.1 Å². The van der Waals surface area contributed by atoms with Gasteiger partial charge in [-0.2, -0.15) is 0 Å². The lowest BCUT2D eigenvalue weighted by Crippen LogP contribution is -1.96. The highest BCUT2D eigenvalue weighted by Crippen LogP contribution is 2.12. The predicted molar refractivity (Wildman–Crippen MR) is 40.5 cm³/mol. The highest BCUT2D eigenvalue weighted by atomic mass is 35.5. The van der Waals surface area contributed by atoms with Crippen molar-refractivity contribution in [2.24, 2.45) is 5.16 Å². The van der Waals surface area contributed by atoms with Crippen LogP contribution in [0.25, 0.3) is 0 Å². The molecule has 0 heterocycles. The SMILES string of the molecule is ON=C(Cl)c1cc(F)ccc1F. The number of benzene rings is 1. The van der Waals surface area contributed by atoms with Gasteiger partial charge in [0.25, 0.3) is 0 Å². The van der Waals surface area contributed by atoms with E-state index in [0.717, 1.165) is 18.2 Å². The van der Waals surface area contributed by atoms with Crippen molar-refractivity contribution in [3.05, 3.63) is 35.4 Å². The standard InChI is InChI=1S/C7H4ClF2NO/c8-7(11-12)5-3-4(9)1-2-6(5)10/h1-3,12H. The van der Waals surface area contributed by atoms with E-state index in [1.165, 1.54) is 0 Å². The van der Waals surface area contributed by atoms with Gasteiger partial charge in [0.15, 0.2) is 5.17 Å². The highest BCUT2D eigenvalue weighted by Gasteiger charge is 2.08. The van der Waals surface area contributed by atoms with Crippen molar-refractivity contribution in [3.63, 3.8) is 0 Å². The fourth-order valence-corrected chi connectivity index (χ4v) is 0.854. The van der Waals surface area contributed by atoms with E-state index in [1.807, 2.05) is 0 Å². The molecular weight excluding hydrogens is 188 g/mol. The van der Waals surface area contributed by atoms with Gasteiger partial charge in [0.05, 0.1) is 5.56 Å². The summed E-state index contributed by atoms with van der Waals surface area (Å²) in [6.07, 6.45) is 0. The Bertz CT molecular complexity index is 327. The van der Waals surface area contributed by atoms with Crippen molar-refractivity contribution in [1.82, 2.24) is 0 Å². The van der Waals surface area contributed by atoms with Crippen LogP contribution in [0.3, 0.4) is 0 Å². The Hall–Kier alpha value is -1.16. The summed E-state index contributed by atoms with van der Waals surface area (Å²) in [7, 11) is 0. The molecule has 0 saturated carbocycles. The number of oxime groups is 1. The second kappa shape index (κ2) is 3.49. The van der Waals surface area contributed by atoms with Crippen LogP contribution in [0, 0.1) is 11.6 Å². The van der Waals surface area contributed by atoms with E-state index in [-0.39, 0.29) is 5.56 Å². The molecule has 0 spiro atoms. The first-order valence-electron chi connectivity index (χ1n) is 2.98. The van der Waals surface area contributed by atoms with Crippen LogP contribution in [0.15, 0.2) is 23.4 Å². The molecule has 2 nitrogen and oxygen atoms in total.